The molecule has 0 bridgehead atoms. The van der Waals surface area contributed by atoms with Crippen molar-refractivity contribution in [1.29, 1.82) is 0 Å². The van der Waals surface area contributed by atoms with Gasteiger partial charge in [-0.3, -0.25) is 10.4 Å². The molecule has 1 fully saturated rings. The fourth-order valence-electron chi connectivity index (χ4n) is 3.49. The van der Waals surface area contributed by atoms with Crippen molar-refractivity contribution >= 4 is 33.9 Å². The van der Waals surface area contributed by atoms with Gasteiger partial charge in [0.15, 0.2) is 0 Å². The second-order valence-corrected chi connectivity index (χ2v) is 7.43. The van der Waals surface area contributed by atoms with Crippen molar-refractivity contribution in [2.75, 3.05) is 5.43 Å². The number of hydrogen-bond acceptors (Lipinski definition) is 3. The van der Waals surface area contributed by atoms with E-state index in [9.17, 15) is 0 Å². The van der Waals surface area contributed by atoms with Gasteiger partial charge >= 0.3 is 0 Å². The largest absolute Gasteiger partial charge is 0.278 e. The number of hydrogen-bond donors (Lipinski definition) is 1. The van der Waals surface area contributed by atoms with Gasteiger partial charge in [-0.15, -0.1) is 0 Å². The highest BCUT2D eigenvalue weighted by atomic mass is 35.5. The fraction of sp³-hybridized carbons (Fsp3) is 0.524. The molecule has 1 aliphatic carbocycles. The van der Waals surface area contributed by atoms with Gasteiger partial charge < -0.3 is 0 Å². The van der Waals surface area contributed by atoms with E-state index < -0.39 is 0 Å². The SMILES string of the molecule is Clc1ccc2c(NN=C3CCCCCCCCCCC3)ccnc2c1. The number of nitrogens with zero attached hydrogens (tertiary/aromatic N) is 2. The van der Waals surface area contributed by atoms with E-state index >= 15 is 0 Å². The van der Waals surface area contributed by atoms with Gasteiger partial charge in [0, 0.05) is 22.3 Å². The van der Waals surface area contributed by atoms with E-state index in [0.717, 1.165) is 29.4 Å². The monoisotopic (exact) mass is 357 g/mol. The first kappa shape index (κ1) is 18.2. The van der Waals surface area contributed by atoms with E-state index in [4.69, 9.17) is 16.7 Å². The molecule has 0 aliphatic heterocycles. The van der Waals surface area contributed by atoms with Crippen molar-refractivity contribution in [2.24, 2.45) is 5.10 Å². The molecule has 0 spiro atoms. The minimum atomic E-state index is 0.711. The van der Waals surface area contributed by atoms with Gasteiger partial charge in [0.1, 0.15) is 0 Å². The molecule has 1 N–H and O–H groups in total. The van der Waals surface area contributed by atoms with Crippen LogP contribution in [0.4, 0.5) is 5.69 Å². The minimum absolute atomic E-state index is 0.711. The van der Waals surface area contributed by atoms with Crippen LogP contribution in [0.2, 0.25) is 5.02 Å². The van der Waals surface area contributed by atoms with Crippen molar-refractivity contribution in [2.45, 2.75) is 70.6 Å². The van der Waals surface area contributed by atoms with Crippen LogP contribution in [0.5, 0.6) is 0 Å². The summed E-state index contributed by atoms with van der Waals surface area (Å²) >= 11 is 6.07. The Morgan fingerprint density at radius 2 is 1.48 bits per heavy atom. The zero-order chi connectivity index (χ0) is 17.3. The Hall–Kier alpha value is -1.61. The number of hydrazone groups is 1. The van der Waals surface area contributed by atoms with Crippen molar-refractivity contribution in [3.63, 3.8) is 0 Å². The maximum absolute atomic E-state index is 6.07. The summed E-state index contributed by atoms with van der Waals surface area (Å²) in [5, 5.41) is 6.53. The lowest BCUT2D eigenvalue weighted by Crippen LogP contribution is -2.04. The topological polar surface area (TPSA) is 37.3 Å². The van der Waals surface area contributed by atoms with Crippen molar-refractivity contribution in [3.05, 3.63) is 35.5 Å². The van der Waals surface area contributed by atoms with Crippen molar-refractivity contribution in [1.82, 2.24) is 4.98 Å². The Morgan fingerprint density at radius 1 is 0.840 bits per heavy atom. The molecule has 0 radical (unpaired) electrons. The molecular weight excluding hydrogens is 330 g/mol. The lowest BCUT2D eigenvalue weighted by Gasteiger charge is -2.11. The second kappa shape index (κ2) is 9.76. The number of fused-ring (bicyclic) bond motifs is 1. The Morgan fingerprint density at radius 3 is 2.16 bits per heavy atom. The number of halogens is 1. The van der Waals surface area contributed by atoms with Gasteiger partial charge in [0.2, 0.25) is 0 Å². The molecule has 3 nitrogen and oxygen atoms in total. The number of aromatic nitrogens is 1. The van der Waals surface area contributed by atoms with Crippen LogP contribution in [0.1, 0.15) is 70.6 Å². The summed E-state index contributed by atoms with van der Waals surface area (Å²) in [7, 11) is 0. The molecule has 1 aromatic heterocycles. The molecule has 1 aliphatic rings. The number of nitrogens with one attached hydrogen (secondary N) is 1. The van der Waals surface area contributed by atoms with Crippen LogP contribution >= 0.6 is 11.6 Å². The zero-order valence-electron chi connectivity index (χ0n) is 14.9. The lowest BCUT2D eigenvalue weighted by molar-refractivity contribution is 0.555. The maximum atomic E-state index is 6.07. The first-order valence-corrected chi connectivity index (χ1v) is 10.1. The highest BCUT2D eigenvalue weighted by Crippen LogP contribution is 2.24. The van der Waals surface area contributed by atoms with E-state index in [-0.39, 0.29) is 0 Å². The van der Waals surface area contributed by atoms with Gasteiger partial charge in [-0.1, -0.05) is 56.5 Å². The Kier molecular flexibility index (Phi) is 7.10. The number of benzene rings is 1. The molecule has 3 rings (SSSR count). The summed E-state index contributed by atoms with van der Waals surface area (Å²) in [4.78, 5) is 4.39. The number of rotatable bonds is 2. The van der Waals surface area contributed by atoms with Gasteiger partial charge in [-0.2, -0.15) is 5.10 Å². The molecule has 0 atom stereocenters. The van der Waals surface area contributed by atoms with Crippen LogP contribution in [0.15, 0.2) is 35.6 Å². The molecule has 0 amide bonds. The fourth-order valence-corrected chi connectivity index (χ4v) is 3.66. The molecule has 134 valence electrons. The number of pyridine rings is 1. The third-order valence-corrected chi connectivity index (χ3v) is 5.21. The zero-order valence-corrected chi connectivity index (χ0v) is 15.7. The van der Waals surface area contributed by atoms with E-state index in [2.05, 4.69) is 10.4 Å². The molecule has 4 heteroatoms. The van der Waals surface area contributed by atoms with Crippen LogP contribution in [0.25, 0.3) is 10.9 Å². The molecular formula is C21H28ClN3. The molecule has 0 unspecified atom stereocenters. The van der Waals surface area contributed by atoms with E-state index in [1.807, 2.05) is 30.5 Å². The summed E-state index contributed by atoms with van der Waals surface area (Å²) in [5.74, 6) is 0. The van der Waals surface area contributed by atoms with Crippen LogP contribution in [0, 0.1) is 0 Å². The quantitative estimate of drug-likeness (QED) is 0.589. The molecule has 0 saturated heterocycles. The van der Waals surface area contributed by atoms with Gasteiger partial charge in [-0.05, 0) is 49.9 Å². The molecule has 1 heterocycles. The van der Waals surface area contributed by atoms with Crippen LogP contribution in [-0.2, 0) is 0 Å². The normalized spacial score (nSPS) is 17.6. The Bertz CT molecular complexity index is 697. The first-order valence-electron chi connectivity index (χ1n) is 9.69. The molecule has 1 saturated carbocycles. The summed E-state index contributed by atoms with van der Waals surface area (Å²) in [6.45, 7) is 0. The number of anilines is 1. The standard InChI is InChI=1S/C21H28ClN3/c22-17-12-13-19-20(14-15-23-21(19)16-17)25-24-18-10-8-6-4-2-1-3-5-7-9-11-18/h12-16H,1-11H2,(H,23,25). The van der Waals surface area contributed by atoms with Gasteiger partial charge in [0.05, 0.1) is 11.2 Å². The summed E-state index contributed by atoms with van der Waals surface area (Å²) in [6.07, 6.45) is 16.2. The maximum Gasteiger partial charge on any atom is 0.0738 e. The Labute approximate surface area is 155 Å². The summed E-state index contributed by atoms with van der Waals surface area (Å²) in [5.41, 5.74) is 6.50. The first-order chi connectivity index (χ1) is 12.3. The summed E-state index contributed by atoms with van der Waals surface area (Å²) in [6, 6.07) is 7.79. The van der Waals surface area contributed by atoms with Gasteiger partial charge in [-0.25, -0.2) is 0 Å². The van der Waals surface area contributed by atoms with Crippen LogP contribution < -0.4 is 5.43 Å². The van der Waals surface area contributed by atoms with Crippen molar-refractivity contribution < 1.29 is 0 Å². The predicted octanol–water partition coefficient (Wildman–Crippen LogP) is 6.96. The van der Waals surface area contributed by atoms with E-state index in [1.165, 1.54) is 63.5 Å². The Balaban J connectivity index is 1.69. The second-order valence-electron chi connectivity index (χ2n) is 6.99. The lowest BCUT2D eigenvalue weighted by atomic mass is 10.00. The van der Waals surface area contributed by atoms with Crippen LogP contribution in [0.3, 0.4) is 0 Å². The van der Waals surface area contributed by atoms with Crippen LogP contribution in [-0.4, -0.2) is 10.7 Å². The molecule has 1 aromatic carbocycles. The van der Waals surface area contributed by atoms with Gasteiger partial charge in [0.25, 0.3) is 0 Å². The average Bonchev–Trinajstić information content (AvgIpc) is 2.61. The highest BCUT2D eigenvalue weighted by molar-refractivity contribution is 6.31. The van der Waals surface area contributed by atoms with Crippen molar-refractivity contribution in [3.8, 4) is 0 Å². The summed E-state index contributed by atoms with van der Waals surface area (Å²) < 4.78 is 0. The third kappa shape index (κ3) is 5.71. The predicted molar refractivity (Wildman–Crippen MR) is 109 cm³/mol. The van der Waals surface area contributed by atoms with E-state index in [0.29, 0.717) is 5.02 Å². The minimum Gasteiger partial charge on any atom is -0.278 e. The third-order valence-electron chi connectivity index (χ3n) is 4.97. The average molecular weight is 358 g/mol. The molecule has 25 heavy (non-hydrogen) atoms. The smallest absolute Gasteiger partial charge is 0.0738 e. The molecule has 2 aromatic rings. The highest BCUT2D eigenvalue weighted by Gasteiger charge is 2.05. The van der Waals surface area contributed by atoms with E-state index in [1.54, 1.807) is 0 Å².